The zero-order valence-corrected chi connectivity index (χ0v) is 13.6. The SMILES string of the molecule is CCOc1ccc(-c2nn(-c3ccccc3)cc2CN)cc1Cl. The summed E-state index contributed by atoms with van der Waals surface area (Å²) < 4.78 is 7.31. The lowest BCUT2D eigenvalue weighted by molar-refractivity contribution is 0.340. The molecule has 23 heavy (non-hydrogen) atoms. The number of halogens is 1. The van der Waals surface area contributed by atoms with E-state index in [1.165, 1.54) is 0 Å². The maximum atomic E-state index is 6.29. The van der Waals surface area contributed by atoms with Crippen molar-refractivity contribution in [3.05, 3.63) is 65.3 Å². The Hall–Kier alpha value is -2.30. The van der Waals surface area contributed by atoms with Gasteiger partial charge in [0.15, 0.2) is 0 Å². The third-order valence-corrected chi connectivity index (χ3v) is 3.83. The highest BCUT2D eigenvalue weighted by Gasteiger charge is 2.13. The van der Waals surface area contributed by atoms with Crippen LogP contribution in [0.2, 0.25) is 5.02 Å². The highest BCUT2D eigenvalue weighted by Crippen LogP contribution is 2.31. The Morgan fingerprint density at radius 1 is 1.17 bits per heavy atom. The van der Waals surface area contributed by atoms with Crippen molar-refractivity contribution in [3.8, 4) is 22.7 Å². The van der Waals surface area contributed by atoms with Gasteiger partial charge in [-0.15, -0.1) is 0 Å². The molecule has 3 aromatic rings. The molecule has 0 fully saturated rings. The molecule has 1 heterocycles. The third kappa shape index (κ3) is 3.23. The number of hydrogen-bond donors (Lipinski definition) is 1. The molecule has 0 aliphatic heterocycles. The molecule has 4 nitrogen and oxygen atoms in total. The highest BCUT2D eigenvalue weighted by atomic mass is 35.5. The summed E-state index contributed by atoms with van der Waals surface area (Å²) in [7, 11) is 0. The normalized spacial score (nSPS) is 10.7. The van der Waals surface area contributed by atoms with Crippen LogP contribution >= 0.6 is 11.6 Å². The molecule has 1 aromatic heterocycles. The minimum Gasteiger partial charge on any atom is -0.492 e. The van der Waals surface area contributed by atoms with Crippen molar-refractivity contribution in [2.75, 3.05) is 6.61 Å². The lowest BCUT2D eigenvalue weighted by Gasteiger charge is -2.07. The fraction of sp³-hybridized carbons (Fsp3) is 0.167. The van der Waals surface area contributed by atoms with Crippen LogP contribution in [-0.2, 0) is 6.54 Å². The molecule has 0 radical (unpaired) electrons. The molecular formula is C18H18ClN3O. The van der Waals surface area contributed by atoms with E-state index in [9.17, 15) is 0 Å². The maximum absolute atomic E-state index is 6.29. The van der Waals surface area contributed by atoms with Crippen LogP contribution in [0.3, 0.4) is 0 Å². The van der Waals surface area contributed by atoms with Crippen molar-refractivity contribution in [2.24, 2.45) is 5.73 Å². The van der Waals surface area contributed by atoms with Crippen molar-refractivity contribution < 1.29 is 4.74 Å². The van der Waals surface area contributed by atoms with Crippen molar-refractivity contribution in [1.29, 1.82) is 0 Å². The Morgan fingerprint density at radius 3 is 2.61 bits per heavy atom. The molecule has 2 N–H and O–H groups in total. The summed E-state index contributed by atoms with van der Waals surface area (Å²) in [5.74, 6) is 0.676. The van der Waals surface area contributed by atoms with Gasteiger partial charge in [-0.25, -0.2) is 4.68 Å². The zero-order valence-electron chi connectivity index (χ0n) is 12.9. The number of benzene rings is 2. The molecular weight excluding hydrogens is 310 g/mol. The molecule has 0 amide bonds. The van der Waals surface area contributed by atoms with E-state index < -0.39 is 0 Å². The summed E-state index contributed by atoms with van der Waals surface area (Å²) in [5, 5.41) is 5.25. The first-order valence-corrected chi connectivity index (χ1v) is 7.87. The number of rotatable bonds is 5. The van der Waals surface area contributed by atoms with E-state index in [2.05, 4.69) is 5.10 Å². The number of nitrogens with zero attached hydrogens (tertiary/aromatic N) is 2. The second-order valence-electron chi connectivity index (χ2n) is 5.07. The summed E-state index contributed by atoms with van der Waals surface area (Å²) in [6.45, 7) is 2.92. The van der Waals surface area contributed by atoms with Gasteiger partial charge in [-0.05, 0) is 37.3 Å². The topological polar surface area (TPSA) is 53.1 Å². The number of para-hydroxylation sites is 1. The molecule has 0 aliphatic carbocycles. The van der Waals surface area contributed by atoms with Gasteiger partial charge < -0.3 is 10.5 Å². The molecule has 0 bridgehead atoms. The van der Waals surface area contributed by atoms with E-state index in [1.807, 2.05) is 66.3 Å². The minimum atomic E-state index is 0.410. The van der Waals surface area contributed by atoms with Gasteiger partial charge >= 0.3 is 0 Å². The molecule has 2 aromatic carbocycles. The lowest BCUT2D eigenvalue weighted by Crippen LogP contribution is -1.97. The van der Waals surface area contributed by atoms with E-state index in [1.54, 1.807) is 0 Å². The third-order valence-electron chi connectivity index (χ3n) is 3.54. The lowest BCUT2D eigenvalue weighted by atomic mass is 10.1. The van der Waals surface area contributed by atoms with E-state index in [-0.39, 0.29) is 0 Å². The molecule has 0 atom stereocenters. The van der Waals surface area contributed by atoms with Gasteiger partial charge in [-0.2, -0.15) is 5.10 Å². The van der Waals surface area contributed by atoms with Gasteiger partial charge in [-0.3, -0.25) is 0 Å². The molecule has 3 rings (SSSR count). The average molecular weight is 328 g/mol. The molecule has 0 saturated heterocycles. The van der Waals surface area contributed by atoms with Crippen LogP contribution in [0.25, 0.3) is 16.9 Å². The maximum Gasteiger partial charge on any atom is 0.137 e. The van der Waals surface area contributed by atoms with Crippen molar-refractivity contribution in [2.45, 2.75) is 13.5 Å². The standard InChI is InChI=1S/C18H18ClN3O/c1-2-23-17-9-8-13(10-16(17)19)18-14(11-20)12-22(21-18)15-6-4-3-5-7-15/h3-10,12H,2,11,20H2,1H3. The summed E-state index contributed by atoms with van der Waals surface area (Å²) in [6.07, 6.45) is 1.95. The van der Waals surface area contributed by atoms with Gasteiger partial charge in [0.05, 0.1) is 23.0 Å². The van der Waals surface area contributed by atoms with Crippen molar-refractivity contribution in [3.63, 3.8) is 0 Å². The Balaban J connectivity index is 2.02. The van der Waals surface area contributed by atoms with Gasteiger partial charge in [0.25, 0.3) is 0 Å². The first-order valence-electron chi connectivity index (χ1n) is 7.49. The first-order chi connectivity index (χ1) is 11.2. The Kier molecular flexibility index (Phi) is 4.65. The van der Waals surface area contributed by atoms with Crippen LogP contribution in [0.1, 0.15) is 12.5 Å². The molecule has 0 aliphatic rings. The van der Waals surface area contributed by atoms with Gasteiger partial charge in [0.2, 0.25) is 0 Å². The largest absolute Gasteiger partial charge is 0.492 e. The van der Waals surface area contributed by atoms with Crippen LogP contribution < -0.4 is 10.5 Å². The molecule has 118 valence electrons. The van der Waals surface area contributed by atoms with Gasteiger partial charge in [0.1, 0.15) is 5.75 Å². The summed E-state index contributed by atoms with van der Waals surface area (Å²) >= 11 is 6.29. The monoisotopic (exact) mass is 327 g/mol. The quantitative estimate of drug-likeness (QED) is 0.769. The van der Waals surface area contributed by atoms with Crippen molar-refractivity contribution in [1.82, 2.24) is 9.78 Å². The van der Waals surface area contributed by atoms with Crippen LogP contribution in [-0.4, -0.2) is 16.4 Å². The average Bonchev–Trinajstić information content (AvgIpc) is 3.02. The number of ether oxygens (including phenoxy) is 1. The van der Waals surface area contributed by atoms with Crippen LogP contribution in [0.4, 0.5) is 0 Å². The highest BCUT2D eigenvalue weighted by molar-refractivity contribution is 6.32. The molecule has 0 saturated carbocycles. The van der Waals surface area contributed by atoms with E-state index in [4.69, 9.17) is 22.1 Å². The van der Waals surface area contributed by atoms with E-state index in [0.29, 0.717) is 23.9 Å². The van der Waals surface area contributed by atoms with E-state index >= 15 is 0 Å². The zero-order chi connectivity index (χ0) is 16.2. The van der Waals surface area contributed by atoms with Crippen molar-refractivity contribution >= 4 is 11.6 Å². The second kappa shape index (κ2) is 6.86. The predicted molar refractivity (Wildman–Crippen MR) is 93.1 cm³/mol. The Morgan fingerprint density at radius 2 is 1.96 bits per heavy atom. The number of hydrogen-bond acceptors (Lipinski definition) is 3. The predicted octanol–water partition coefficient (Wildman–Crippen LogP) is 4.05. The number of nitrogens with two attached hydrogens (primary N) is 1. The molecule has 0 unspecified atom stereocenters. The molecule has 0 spiro atoms. The fourth-order valence-electron chi connectivity index (χ4n) is 2.44. The van der Waals surface area contributed by atoms with Crippen LogP contribution in [0, 0.1) is 0 Å². The first kappa shape index (κ1) is 15.6. The number of aromatic nitrogens is 2. The van der Waals surface area contributed by atoms with E-state index in [0.717, 1.165) is 22.5 Å². The summed E-state index contributed by atoms with van der Waals surface area (Å²) in [4.78, 5) is 0. The van der Waals surface area contributed by atoms with Gasteiger partial charge in [-0.1, -0.05) is 29.8 Å². The smallest absolute Gasteiger partial charge is 0.137 e. The fourth-order valence-corrected chi connectivity index (χ4v) is 2.67. The molecule has 5 heteroatoms. The van der Waals surface area contributed by atoms with Crippen LogP contribution in [0.5, 0.6) is 5.75 Å². The Bertz CT molecular complexity index is 799. The van der Waals surface area contributed by atoms with Crippen LogP contribution in [0.15, 0.2) is 54.7 Å². The Labute approximate surface area is 140 Å². The summed E-state index contributed by atoms with van der Waals surface area (Å²) in [5.41, 5.74) is 9.60. The summed E-state index contributed by atoms with van der Waals surface area (Å²) in [6, 6.07) is 15.6. The van der Waals surface area contributed by atoms with Gasteiger partial charge in [0, 0.05) is 23.9 Å². The second-order valence-corrected chi connectivity index (χ2v) is 5.47. The minimum absolute atomic E-state index is 0.410.